The van der Waals surface area contributed by atoms with Gasteiger partial charge in [0, 0.05) is 13.6 Å². The van der Waals surface area contributed by atoms with Gasteiger partial charge >= 0.3 is 6.18 Å². The number of aliphatic hydroxyl groups excluding tert-OH is 1. The monoisotopic (exact) mass is 279 g/mol. The van der Waals surface area contributed by atoms with Crippen LogP contribution >= 0.6 is 0 Å². The highest BCUT2D eigenvalue weighted by Gasteiger charge is 2.32. The lowest BCUT2D eigenvalue weighted by molar-refractivity contribution is -0.137. The minimum absolute atomic E-state index is 0.103. The Kier molecular flexibility index (Phi) is 4.52. The number of carbonyl (C=O) groups excluding carboxylic acids is 1. The van der Waals surface area contributed by atoms with Gasteiger partial charge in [-0.05, 0) is 25.1 Å². The zero-order valence-corrected chi connectivity index (χ0v) is 10.3. The van der Waals surface area contributed by atoms with Crippen molar-refractivity contribution in [3.63, 3.8) is 0 Å². The minimum atomic E-state index is -4.65. The lowest BCUT2D eigenvalue weighted by atomic mass is 10.1. The van der Waals surface area contributed by atoms with E-state index in [0.717, 1.165) is 4.90 Å². The standard InChI is InChI=1S/C12H13F4NO2/c1-7(18)6-17(2)11(19)9-5-8(12(14,15)16)3-4-10(9)13/h3-5,7,18H,6H2,1-2H3. The SMILES string of the molecule is CC(O)CN(C)C(=O)c1cc(C(F)(F)F)ccc1F. The molecule has 0 bridgehead atoms. The lowest BCUT2D eigenvalue weighted by Gasteiger charge is -2.19. The number of hydrogen-bond donors (Lipinski definition) is 1. The zero-order valence-electron chi connectivity index (χ0n) is 10.3. The first-order chi connectivity index (χ1) is 8.62. The highest BCUT2D eigenvalue weighted by atomic mass is 19.4. The van der Waals surface area contributed by atoms with E-state index in [1.807, 2.05) is 0 Å². The summed E-state index contributed by atoms with van der Waals surface area (Å²) in [5.74, 6) is -1.94. The molecule has 0 aliphatic heterocycles. The predicted octanol–water partition coefficient (Wildman–Crippen LogP) is 2.30. The van der Waals surface area contributed by atoms with Crippen molar-refractivity contribution in [2.45, 2.75) is 19.2 Å². The third-order valence-corrected chi connectivity index (χ3v) is 2.41. The molecule has 1 aromatic rings. The van der Waals surface area contributed by atoms with Gasteiger partial charge in [0.05, 0.1) is 17.2 Å². The van der Waals surface area contributed by atoms with Crippen LogP contribution in [-0.4, -0.2) is 35.6 Å². The maximum Gasteiger partial charge on any atom is 0.416 e. The Bertz CT molecular complexity index is 471. The number of rotatable bonds is 3. The normalized spacial score (nSPS) is 13.2. The molecule has 7 heteroatoms. The highest BCUT2D eigenvalue weighted by Crippen LogP contribution is 2.30. The van der Waals surface area contributed by atoms with Crippen LogP contribution in [0.15, 0.2) is 18.2 Å². The van der Waals surface area contributed by atoms with Crippen LogP contribution in [0.2, 0.25) is 0 Å². The fourth-order valence-corrected chi connectivity index (χ4v) is 1.55. The van der Waals surface area contributed by atoms with Crippen molar-refractivity contribution in [2.24, 2.45) is 0 Å². The lowest BCUT2D eigenvalue weighted by Crippen LogP contribution is -2.33. The molecule has 0 spiro atoms. The van der Waals surface area contributed by atoms with E-state index >= 15 is 0 Å². The summed E-state index contributed by atoms with van der Waals surface area (Å²) in [5, 5.41) is 9.10. The average Bonchev–Trinajstić information content (AvgIpc) is 2.26. The largest absolute Gasteiger partial charge is 0.416 e. The molecule has 1 N–H and O–H groups in total. The number of likely N-dealkylation sites (N-methyl/N-ethyl adjacent to an activating group) is 1. The number of alkyl halides is 3. The topological polar surface area (TPSA) is 40.5 Å². The Hall–Kier alpha value is -1.63. The van der Waals surface area contributed by atoms with Gasteiger partial charge in [0.1, 0.15) is 5.82 Å². The van der Waals surface area contributed by atoms with Gasteiger partial charge in [0.25, 0.3) is 5.91 Å². The molecule has 3 nitrogen and oxygen atoms in total. The second-order valence-corrected chi connectivity index (χ2v) is 4.23. The van der Waals surface area contributed by atoms with Gasteiger partial charge < -0.3 is 10.0 Å². The van der Waals surface area contributed by atoms with E-state index in [2.05, 4.69) is 0 Å². The molecule has 1 aromatic carbocycles. The molecule has 1 rings (SSSR count). The van der Waals surface area contributed by atoms with Crippen LogP contribution in [0.1, 0.15) is 22.8 Å². The van der Waals surface area contributed by atoms with Crippen molar-refractivity contribution in [3.05, 3.63) is 35.1 Å². The second-order valence-electron chi connectivity index (χ2n) is 4.23. The first-order valence-electron chi connectivity index (χ1n) is 5.43. The van der Waals surface area contributed by atoms with Gasteiger partial charge in [-0.1, -0.05) is 0 Å². The van der Waals surface area contributed by atoms with Crippen LogP contribution in [0.25, 0.3) is 0 Å². The van der Waals surface area contributed by atoms with Crippen LogP contribution in [0.5, 0.6) is 0 Å². The Labute approximate surface area is 107 Å². The molecule has 0 aromatic heterocycles. The van der Waals surface area contributed by atoms with Crippen molar-refractivity contribution < 1.29 is 27.5 Å². The third kappa shape index (κ3) is 3.92. The fraction of sp³-hybridized carbons (Fsp3) is 0.417. The van der Waals surface area contributed by atoms with E-state index in [4.69, 9.17) is 5.11 Å². The summed E-state index contributed by atoms with van der Waals surface area (Å²) >= 11 is 0. The minimum Gasteiger partial charge on any atom is -0.392 e. The molecule has 0 saturated heterocycles. The first kappa shape index (κ1) is 15.4. The molecule has 0 aliphatic rings. The van der Waals surface area contributed by atoms with Crippen LogP contribution in [0.3, 0.4) is 0 Å². The average molecular weight is 279 g/mol. The van der Waals surface area contributed by atoms with Gasteiger partial charge in [-0.3, -0.25) is 4.79 Å². The molecule has 19 heavy (non-hydrogen) atoms. The Morgan fingerprint density at radius 1 is 1.42 bits per heavy atom. The van der Waals surface area contributed by atoms with Gasteiger partial charge in [-0.25, -0.2) is 4.39 Å². The van der Waals surface area contributed by atoms with E-state index in [0.29, 0.717) is 18.2 Å². The maximum atomic E-state index is 13.4. The highest BCUT2D eigenvalue weighted by molar-refractivity contribution is 5.94. The molecule has 0 heterocycles. The molecular weight excluding hydrogens is 266 g/mol. The number of nitrogens with zero attached hydrogens (tertiary/aromatic N) is 1. The molecule has 1 atom stereocenters. The van der Waals surface area contributed by atoms with E-state index in [1.54, 1.807) is 0 Å². The molecule has 0 aliphatic carbocycles. The quantitative estimate of drug-likeness (QED) is 0.862. The summed E-state index contributed by atoms with van der Waals surface area (Å²) in [5.41, 5.74) is -1.76. The van der Waals surface area contributed by atoms with Crippen LogP contribution < -0.4 is 0 Å². The number of amides is 1. The van der Waals surface area contributed by atoms with E-state index in [9.17, 15) is 22.4 Å². The van der Waals surface area contributed by atoms with Crippen LogP contribution in [0, 0.1) is 5.82 Å². The van der Waals surface area contributed by atoms with Crippen LogP contribution in [0.4, 0.5) is 17.6 Å². The molecule has 106 valence electrons. The maximum absolute atomic E-state index is 13.4. The van der Waals surface area contributed by atoms with E-state index < -0.39 is 35.1 Å². The molecule has 1 unspecified atom stereocenters. The smallest absolute Gasteiger partial charge is 0.392 e. The fourth-order valence-electron chi connectivity index (χ4n) is 1.55. The summed E-state index contributed by atoms with van der Waals surface area (Å²) in [6.45, 7) is 1.31. The van der Waals surface area contributed by atoms with Gasteiger partial charge in [-0.15, -0.1) is 0 Å². The number of aliphatic hydroxyl groups is 1. The Morgan fingerprint density at radius 2 is 2.00 bits per heavy atom. The molecule has 0 radical (unpaired) electrons. The van der Waals surface area contributed by atoms with Gasteiger partial charge in [-0.2, -0.15) is 13.2 Å². The summed E-state index contributed by atoms with van der Waals surface area (Å²) in [4.78, 5) is 12.7. The molecule has 0 saturated carbocycles. The molecular formula is C12H13F4NO2. The molecule has 1 amide bonds. The summed E-state index contributed by atoms with van der Waals surface area (Å²) < 4.78 is 50.9. The third-order valence-electron chi connectivity index (χ3n) is 2.41. The van der Waals surface area contributed by atoms with Gasteiger partial charge in [0.2, 0.25) is 0 Å². The van der Waals surface area contributed by atoms with Crippen molar-refractivity contribution >= 4 is 5.91 Å². The van der Waals surface area contributed by atoms with E-state index in [-0.39, 0.29) is 6.54 Å². The molecule has 0 fully saturated rings. The van der Waals surface area contributed by atoms with Crippen molar-refractivity contribution in [1.29, 1.82) is 0 Å². The Balaban J connectivity index is 3.09. The van der Waals surface area contributed by atoms with Crippen molar-refractivity contribution in [3.8, 4) is 0 Å². The predicted molar refractivity (Wildman–Crippen MR) is 60.0 cm³/mol. The number of benzene rings is 1. The zero-order chi connectivity index (χ0) is 14.8. The summed E-state index contributed by atoms with van der Waals surface area (Å²) in [6, 6.07) is 1.64. The van der Waals surface area contributed by atoms with Crippen molar-refractivity contribution in [1.82, 2.24) is 4.90 Å². The number of halogens is 4. The summed E-state index contributed by atoms with van der Waals surface area (Å²) in [7, 11) is 1.27. The number of hydrogen-bond acceptors (Lipinski definition) is 2. The Morgan fingerprint density at radius 3 is 2.47 bits per heavy atom. The van der Waals surface area contributed by atoms with E-state index in [1.165, 1.54) is 14.0 Å². The van der Waals surface area contributed by atoms with Crippen molar-refractivity contribution in [2.75, 3.05) is 13.6 Å². The second kappa shape index (κ2) is 5.56. The summed E-state index contributed by atoms with van der Waals surface area (Å²) in [6.07, 6.45) is -5.51. The number of carbonyl (C=O) groups is 1. The van der Waals surface area contributed by atoms with Crippen LogP contribution in [-0.2, 0) is 6.18 Å². The van der Waals surface area contributed by atoms with Gasteiger partial charge in [0.15, 0.2) is 0 Å². The first-order valence-corrected chi connectivity index (χ1v) is 5.43.